The summed E-state index contributed by atoms with van der Waals surface area (Å²) in [6.45, 7) is 7.40. The summed E-state index contributed by atoms with van der Waals surface area (Å²) in [6.07, 6.45) is 2.25. The number of thiophene rings is 1. The SMILES string of the molecule is CCC1NC(c2ccc(C)s2)N(CC2CC2C)C1=O. The van der Waals surface area contributed by atoms with E-state index in [1.807, 2.05) is 0 Å². The van der Waals surface area contributed by atoms with Crippen LogP contribution in [-0.2, 0) is 4.79 Å². The van der Waals surface area contributed by atoms with Crippen molar-refractivity contribution < 1.29 is 4.79 Å². The van der Waals surface area contributed by atoms with Crippen LogP contribution in [-0.4, -0.2) is 23.4 Å². The molecule has 4 heteroatoms. The zero-order valence-electron chi connectivity index (χ0n) is 11.8. The van der Waals surface area contributed by atoms with Gasteiger partial charge in [-0.05, 0) is 43.7 Å². The van der Waals surface area contributed by atoms with Crippen LogP contribution in [0.2, 0.25) is 0 Å². The minimum Gasteiger partial charge on any atom is -0.320 e. The van der Waals surface area contributed by atoms with Gasteiger partial charge in [0.2, 0.25) is 5.91 Å². The minimum atomic E-state index is 0.00135. The number of hydrogen-bond donors (Lipinski definition) is 1. The van der Waals surface area contributed by atoms with E-state index in [1.165, 1.54) is 16.2 Å². The molecule has 3 rings (SSSR count). The highest BCUT2D eigenvalue weighted by Gasteiger charge is 2.43. The normalized spacial score (nSPS) is 34.1. The zero-order chi connectivity index (χ0) is 13.6. The molecule has 0 aromatic carbocycles. The maximum Gasteiger partial charge on any atom is 0.241 e. The summed E-state index contributed by atoms with van der Waals surface area (Å²) >= 11 is 1.80. The second-order valence-electron chi connectivity index (χ2n) is 5.94. The van der Waals surface area contributed by atoms with Gasteiger partial charge in [0.05, 0.1) is 6.04 Å². The number of nitrogens with one attached hydrogen (secondary N) is 1. The monoisotopic (exact) mass is 278 g/mol. The molecular weight excluding hydrogens is 256 g/mol. The highest BCUT2D eigenvalue weighted by Crippen LogP contribution is 2.41. The molecule has 19 heavy (non-hydrogen) atoms. The van der Waals surface area contributed by atoms with Gasteiger partial charge < -0.3 is 4.90 Å². The van der Waals surface area contributed by atoms with Crippen LogP contribution in [0.3, 0.4) is 0 Å². The molecule has 1 amide bonds. The summed E-state index contributed by atoms with van der Waals surface area (Å²) in [7, 11) is 0. The van der Waals surface area contributed by atoms with E-state index in [-0.39, 0.29) is 18.1 Å². The number of rotatable bonds is 4. The van der Waals surface area contributed by atoms with Gasteiger partial charge >= 0.3 is 0 Å². The molecular formula is C15H22N2OS. The lowest BCUT2D eigenvalue weighted by Gasteiger charge is -2.23. The van der Waals surface area contributed by atoms with E-state index < -0.39 is 0 Å². The van der Waals surface area contributed by atoms with Gasteiger partial charge in [-0.1, -0.05) is 13.8 Å². The Morgan fingerprint density at radius 2 is 2.21 bits per heavy atom. The van der Waals surface area contributed by atoms with Crippen molar-refractivity contribution in [1.29, 1.82) is 0 Å². The average molecular weight is 278 g/mol. The number of hydrogen-bond acceptors (Lipinski definition) is 3. The van der Waals surface area contributed by atoms with Crippen LogP contribution in [0.5, 0.6) is 0 Å². The summed E-state index contributed by atoms with van der Waals surface area (Å²) in [4.78, 5) is 17.1. The van der Waals surface area contributed by atoms with E-state index >= 15 is 0 Å². The molecule has 3 nitrogen and oxygen atoms in total. The number of carbonyl (C=O) groups is 1. The highest BCUT2D eigenvalue weighted by molar-refractivity contribution is 7.12. The molecule has 2 aliphatic rings. The standard InChI is InChI=1S/C15H22N2OS/c1-4-12-15(18)17(8-11-7-9(11)2)14(16-12)13-6-5-10(3)19-13/h5-6,9,11-12,14,16H,4,7-8H2,1-3H3. The van der Waals surface area contributed by atoms with E-state index in [1.54, 1.807) is 11.3 Å². The molecule has 1 N–H and O–H groups in total. The van der Waals surface area contributed by atoms with Gasteiger partial charge in [0.1, 0.15) is 6.17 Å². The highest BCUT2D eigenvalue weighted by atomic mass is 32.1. The Labute approximate surface area is 119 Å². The summed E-state index contributed by atoms with van der Waals surface area (Å²) in [5.41, 5.74) is 0. The Bertz CT molecular complexity index is 484. The summed E-state index contributed by atoms with van der Waals surface area (Å²) in [6, 6.07) is 4.30. The van der Waals surface area contributed by atoms with Crippen molar-refractivity contribution in [3.63, 3.8) is 0 Å². The predicted octanol–water partition coefficient (Wildman–Crippen LogP) is 2.92. The molecule has 0 radical (unpaired) electrons. The fraction of sp³-hybridized carbons (Fsp3) is 0.667. The predicted molar refractivity (Wildman–Crippen MR) is 78.0 cm³/mol. The van der Waals surface area contributed by atoms with Crippen LogP contribution in [0.4, 0.5) is 0 Å². The van der Waals surface area contributed by atoms with Gasteiger partial charge in [0.25, 0.3) is 0 Å². The first-order chi connectivity index (χ1) is 9.10. The van der Waals surface area contributed by atoms with E-state index in [2.05, 4.69) is 43.1 Å². The molecule has 2 fully saturated rings. The fourth-order valence-corrected chi connectivity index (χ4v) is 3.86. The van der Waals surface area contributed by atoms with Crippen LogP contribution < -0.4 is 5.32 Å². The molecule has 4 atom stereocenters. The van der Waals surface area contributed by atoms with Crippen molar-refractivity contribution >= 4 is 17.2 Å². The van der Waals surface area contributed by atoms with Crippen molar-refractivity contribution in [3.8, 4) is 0 Å². The number of aryl methyl sites for hydroxylation is 1. The van der Waals surface area contributed by atoms with Gasteiger partial charge in [-0.3, -0.25) is 10.1 Å². The topological polar surface area (TPSA) is 32.3 Å². The van der Waals surface area contributed by atoms with Crippen molar-refractivity contribution in [3.05, 3.63) is 21.9 Å². The maximum absolute atomic E-state index is 12.5. The van der Waals surface area contributed by atoms with Gasteiger partial charge in [-0.2, -0.15) is 0 Å². The molecule has 1 aromatic rings. The molecule has 1 saturated heterocycles. The first-order valence-corrected chi connectivity index (χ1v) is 8.04. The van der Waals surface area contributed by atoms with Crippen molar-refractivity contribution in [1.82, 2.24) is 10.2 Å². The molecule has 1 saturated carbocycles. The quantitative estimate of drug-likeness (QED) is 0.918. The van der Waals surface area contributed by atoms with Crippen LogP contribution in [0.15, 0.2) is 12.1 Å². The van der Waals surface area contributed by atoms with E-state index in [9.17, 15) is 4.79 Å². The average Bonchev–Trinajstić information content (AvgIpc) is 2.78. The Hall–Kier alpha value is -0.870. The molecule has 1 aliphatic heterocycles. The fourth-order valence-electron chi connectivity index (χ4n) is 2.91. The number of nitrogens with zero attached hydrogens (tertiary/aromatic N) is 1. The van der Waals surface area contributed by atoms with E-state index in [4.69, 9.17) is 0 Å². The third-order valence-electron chi connectivity index (χ3n) is 4.40. The Morgan fingerprint density at radius 3 is 2.74 bits per heavy atom. The first-order valence-electron chi connectivity index (χ1n) is 7.23. The van der Waals surface area contributed by atoms with Crippen LogP contribution in [0, 0.1) is 18.8 Å². The second-order valence-corrected chi connectivity index (χ2v) is 7.26. The van der Waals surface area contributed by atoms with Gasteiger partial charge in [0, 0.05) is 16.3 Å². The summed E-state index contributed by atoms with van der Waals surface area (Å²) in [5.74, 6) is 1.79. The molecule has 1 aromatic heterocycles. The van der Waals surface area contributed by atoms with Gasteiger partial charge in [-0.15, -0.1) is 11.3 Å². The molecule has 0 spiro atoms. The van der Waals surface area contributed by atoms with E-state index in [0.29, 0.717) is 5.92 Å². The zero-order valence-corrected chi connectivity index (χ0v) is 12.7. The second kappa shape index (κ2) is 4.91. The summed E-state index contributed by atoms with van der Waals surface area (Å²) < 4.78 is 0. The van der Waals surface area contributed by atoms with Crippen molar-refractivity contribution in [2.45, 2.75) is 45.8 Å². The van der Waals surface area contributed by atoms with Gasteiger partial charge in [0.15, 0.2) is 0 Å². The smallest absolute Gasteiger partial charge is 0.241 e. The maximum atomic E-state index is 12.5. The lowest BCUT2D eigenvalue weighted by atomic mass is 10.2. The van der Waals surface area contributed by atoms with Gasteiger partial charge in [-0.25, -0.2) is 0 Å². The molecule has 104 valence electrons. The Kier molecular flexibility index (Phi) is 3.39. The lowest BCUT2D eigenvalue weighted by Crippen LogP contribution is -2.32. The third-order valence-corrected chi connectivity index (χ3v) is 5.45. The third kappa shape index (κ3) is 2.43. The molecule has 0 bridgehead atoms. The number of carbonyl (C=O) groups excluding carboxylic acids is 1. The number of amides is 1. The molecule has 1 aliphatic carbocycles. The Morgan fingerprint density at radius 1 is 1.47 bits per heavy atom. The van der Waals surface area contributed by atoms with Crippen LogP contribution in [0.25, 0.3) is 0 Å². The molecule has 2 heterocycles. The Balaban J connectivity index is 1.81. The largest absolute Gasteiger partial charge is 0.320 e. The van der Waals surface area contributed by atoms with Crippen molar-refractivity contribution in [2.24, 2.45) is 11.8 Å². The van der Waals surface area contributed by atoms with Crippen LogP contribution >= 0.6 is 11.3 Å². The lowest BCUT2D eigenvalue weighted by molar-refractivity contribution is -0.130. The minimum absolute atomic E-state index is 0.00135. The summed E-state index contributed by atoms with van der Waals surface area (Å²) in [5, 5.41) is 3.50. The van der Waals surface area contributed by atoms with E-state index in [0.717, 1.165) is 18.9 Å². The van der Waals surface area contributed by atoms with Crippen LogP contribution in [0.1, 0.15) is 42.6 Å². The van der Waals surface area contributed by atoms with Crippen molar-refractivity contribution in [2.75, 3.05) is 6.54 Å². The molecule has 4 unspecified atom stereocenters. The first kappa shape index (κ1) is 13.1.